The molecule has 1 unspecified atom stereocenters. The number of aliphatic hydroxyl groups excluding tert-OH is 1. The zero-order chi connectivity index (χ0) is 11.1. The van der Waals surface area contributed by atoms with Gasteiger partial charge in [0, 0.05) is 0 Å². The Hall–Kier alpha value is -0.0400. The van der Waals surface area contributed by atoms with E-state index in [4.69, 9.17) is 0 Å². The molecule has 0 aromatic rings. The molecule has 1 saturated carbocycles. The lowest BCUT2D eigenvalue weighted by atomic mass is 9.90. The van der Waals surface area contributed by atoms with Gasteiger partial charge >= 0.3 is 0 Å². The monoisotopic (exact) mass is 198 g/mol. The van der Waals surface area contributed by atoms with Gasteiger partial charge in [0.25, 0.3) is 0 Å². The third kappa shape index (κ3) is 1.50. The fourth-order valence-electron chi connectivity index (χ4n) is 3.15. The summed E-state index contributed by atoms with van der Waals surface area (Å²) in [5.41, 5.74) is 0.629. The van der Waals surface area contributed by atoms with E-state index >= 15 is 0 Å². The second-order valence-corrected chi connectivity index (χ2v) is 5.99. The molecular formula is C13H26O. The third-order valence-electron chi connectivity index (χ3n) is 5.01. The minimum atomic E-state index is -0.102. The van der Waals surface area contributed by atoms with E-state index in [0.29, 0.717) is 22.7 Å². The van der Waals surface area contributed by atoms with Crippen molar-refractivity contribution in [3.8, 4) is 0 Å². The average molecular weight is 198 g/mol. The summed E-state index contributed by atoms with van der Waals surface area (Å²) in [6, 6.07) is 0. The van der Waals surface area contributed by atoms with Gasteiger partial charge in [0.15, 0.2) is 0 Å². The largest absolute Gasteiger partial charge is 0.393 e. The third-order valence-corrected chi connectivity index (χ3v) is 5.01. The van der Waals surface area contributed by atoms with Gasteiger partial charge in [-0.05, 0) is 22.7 Å². The van der Waals surface area contributed by atoms with Crippen LogP contribution < -0.4 is 0 Å². The summed E-state index contributed by atoms with van der Waals surface area (Å²) in [4.78, 5) is 0. The van der Waals surface area contributed by atoms with Gasteiger partial charge in [-0.2, -0.15) is 0 Å². The molecule has 14 heavy (non-hydrogen) atoms. The van der Waals surface area contributed by atoms with Crippen LogP contribution in [0.25, 0.3) is 0 Å². The van der Waals surface area contributed by atoms with Crippen molar-refractivity contribution in [3.63, 3.8) is 0 Å². The fraction of sp³-hybridized carbons (Fsp3) is 1.00. The van der Waals surface area contributed by atoms with E-state index < -0.39 is 0 Å². The van der Waals surface area contributed by atoms with Crippen LogP contribution in [0.5, 0.6) is 0 Å². The molecule has 1 aliphatic rings. The maximum atomic E-state index is 10.3. The van der Waals surface area contributed by atoms with Crippen molar-refractivity contribution < 1.29 is 5.11 Å². The average Bonchev–Trinajstić information content (AvgIpc) is 2.44. The quantitative estimate of drug-likeness (QED) is 0.733. The molecule has 1 heteroatoms. The van der Waals surface area contributed by atoms with E-state index in [2.05, 4.69) is 41.5 Å². The predicted molar refractivity (Wildman–Crippen MR) is 61.1 cm³/mol. The molecule has 0 bridgehead atoms. The van der Waals surface area contributed by atoms with E-state index in [9.17, 15) is 5.11 Å². The Morgan fingerprint density at radius 1 is 1.00 bits per heavy atom. The standard InChI is InChI=1S/C13H26O/c1-7-9(8-2)10(14)11-12(3,4)13(11,5)6/h9-11,14H,7-8H2,1-6H3. The fourth-order valence-corrected chi connectivity index (χ4v) is 3.15. The van der Waals surface area contributed by atoms with Crippen LogP contribution in [0, 0.1) is 22.7 Å². The summed E-state index contributed by atoms with van der Waals surface area (Å²) >= 11 is 0. The van der Waals surface area contributed by atoms with Gasteiger partial charge in [0.05, 0.1) is 6.10 Å². The highest BCUT2D eigenvalue weighted by Crippen LogP contribution is 2.70. The Bertz CT molecular complexity index is 187. The molecule has 0 saturated heterocycles. The highest BCUT2D eigenvalue weighted by atomic mass is 16.3. The van der Waals surface area contributed by atoms with Crippen molar-refractivity contribution in [2.24, 2.45) is 22.7 Å². The molecule has 0 radical (unpaired) electrons. The molecule has 1 atom stereocenters. The molecule has 1 fully saturated rings. The van der Waals surface area contributed by atoms with Gasteiger partial charge in [-0.15, -0.1) is 0 Å². The summed E-state index contributed by atoms with van der Waals surface area (Å²) < 4.78 is 0. The minimum absolute atomic E-state index is 0.102. The van der Waals surface area contributed by atoms with Crippen LogP contribution in [-0.2, 0) is 0 Å². The first-order valence-electron chi connectivity index (χ1n) is 5.98. The second kappa shape index (κ2) is 3.52. The molecule has 0 heterocycles. The van der Waals surface area contributed by atoms with Gasteiger partial charge < -0.3 is 5.11 Å². The van der Waals surface area contributed by atoms with E-state index in [1.807, 2.05) is 0 Å². The van der Waals surface area contributed by atoms with Crippen LogP contribution in [0.15, 0.2) is 0 Å². The number of aliphatic hydroxyl groups is 1. The lowest BCUT2D eigenvalue weighted by Gasteiger charge is -2.21. The first-order chi connectivity index (χ1) is 6.30. The smallest absolute Gasteiger partial charge is 0.0606 e. The Morgan fingerprint density at radius 2 is 1.36 bits per heavy atom. The number of rotatable bonds is 4. The predicted octanol–water partition coefficient (Wildman–Crippen LogP) is 3.47. The molecule has 84 valence electrons. The molecule has 1 rings (SSSR count). The topological polar surface area (TPSA) is 20.2 Å². The molecule has 1 N–H and O–H groups in total. The summed E-state index contributed by atoms with van der Waals surface area (Å²) in [7, 11) is 0. The summed E-state index contributed by atoms with van der Waals surface area (Å²) in [5.74, 6) is 0.973. The summed E-state index contributed by atoms with van der Waals surface area (Å²) in [6.45, 7) is 13.5. The molecule has 1 nitrogen and oxygen atoms in total. The Labute approximate surface area is 88.9 Å². The Morgan fingerprint density at radius 3 is 1.57 bits per heavy atom. The van der Waals surface area contributed by atoms with Gasteiger partial charge in [-0.1, -0.05) is 54.4 Å². The van der Waals surface area contributed by atoms with Crippen molar-refractivity contribution in [2.75, 3.05) is 0 Å². The zero-order valence-electron chi connectivity index (χ0n) is 10.6. The molecular weight excluding hydrogens is 172 g/mol. The van der Waals surface area contributed by atoms with Crippen LogP contribution in [0.4, 0.5) is 0 Å². The van der Waals surface area contributed by atoms with Gasteiger partial charge in [0.1, 0.15) is 0 Å². The Kier molecular flexibility index (Phi) is 3.02. The first kappa shape index (κ1) is 12.0. The van der Waals surface area contributed by atoms with Gasteiger partial charge in [-0.3, -0.25) is 0 Å². The SMILES string of the molecule is CCC(CC)C(O)C1C(C)(C)C1(C)C. The molecule has 0 spiro atoms. The van der Waals surface area contributed by atoms with Crippen LogP contribution >= 0.6 is 0 Å². The van der Waals surface area contributed by atoms with Gasteiger partial charge in [0.2, 0.25) is 0 Å². The number of hydrogen-bond acceptors (Lipinski definition) is 1. The van der Waals surface area contributed by atoms with Crippen LogP contribution in [0.2, 0.25) is 0 Å². The Balaban J connectivity index is 2.69. The van der Waals surface area contributed by atoms with E-state index in [1.54, 1.807) is 0 Å². The number of hydrogen-bond donors (Lipinski definition) is 1. The lowest BCUT2D eigenvalue weighted by molar-refractivity contribution is 0.0643. The normalized spacial score (nSPS) is 26.6. The second-order valence-electron chi connectivity index (χ2n) is 5.99. The molecule has 1 aliphatic carbocycles. The molecule has 0 amide bonds. The van der Waals surface area contributed by atoms with Crippen LogP contribution in [0.1, 0.15) is 54.4 Å². The van der Waals surface area contributed by atoms with E-state index in [0.717, 1.165) is 12.8 Å². The maximum absolute atomic E-state index is 10.3. The molecule has 0 aliphatic heterocycles. The molecule has 0 aromatic heterocycles. The highest BCUT2D eigenvalue weighted by Gasteiger charge is 2.67. The van der Waals surface area contributed by atoms with Crippen LogP contribution in [0.3, 0.4) is 0 Å². The minimum Gasteiger partial charge on any atom is -0.393 e. The molecule has 0 aromatic carbocycles. The highest BCUT2D eigenvalue weighted by molar-refractivity contribution is 5.15. The summed E-state index contributed by atoms with van der Waals surface area (Å²) in [6.07, 6.45) is 2.09. The lowest BCUT2D eigenvalue weighted by Crippen LogP contribution is -2.24. The van der Waals surface area contributed by atoms with E-state index in [-0.39, 0.29) is 6.10 Å². The van der Waals surface area contributed by atoms with E-state index in [1.165, 1.54) is 0 Å². The van der Waals surface area contributed by atoms with Gasteiger partial charge in [-0.25, -0.2) is 0 Å². The maximum Gasteiger partial charge on any atom is 0.0606 e. The van der Waals surface area contributed by atoms with Crippen LogP contribution in [-0.4, -0.2) is 11.2 Å². The van der Waals surface area contributed by atoms with Crippen molar-refractivity contribution in [3.05, 3.63) is 0 Å². The zero-order valence-corrected chi connectivity index (χ0v) is 10.6. The van der Waals surface area contributed by atoms with Crippen molar-refractivity contribution in [1.82, 2.24) is 0 Å². The summed E-state index contributed by atoms with van der Waals surface area (Å²) in [5, 5.41) is 10.3. The van der Waals surface area contributed by atoms with Crippen molar-refractivity contribution >= 4 is 0 Å². The van der Waals surface area contributed by atoms with Crippen molar-refractivity contribution in [1.29, 1.82) is 0 Å². The van der Waals surface area contributed by atoms with Crippen molar-refractivity contribution in [2.45, 2.75) is 60.5 Å². The first-order valence-corrected chi connectivity index (χ1v) is 5.98.